The molecule has 3 rings (SSSR count). The van der Waals surface area contributed by atoms with E-state index in [-0.39, 0.29) is 17.5 Å². The van der Waals surface area contributed by atoms with Crippen molar-refractivity contribution in [2.75, 3.05) is 11.1 Å². The monoisotopic (exact) mass is 356 g/mol. The van der Waals surface area contributed by atoms with Gasteiger partial charge in [-0.1, -0.05) is 42.1 Å². The summed E-state index contributed by atoms with van der Waals surface area (Å²) in [6, 6.07) is 15.7. The molecule has 0 aliphatic carbocycles. The SMILES string of the molecule is Cn1c(Cc2ccccc2)nnc1SCC(=O)Nc1ccc(F)cc1. The molecule has 0 atom stereocenters. The van der Waals surface area contributed by atoms with E-state index >= 15 is 0 Å². The lowest BCUT2D eigenvalue weighted by Gasteiger charge is -2.06. The molecular weight excluding hydrogens is 339 g/mol. The minimum absolute atomic E-state index is 0.177. The van der Waals surface area contributed by atoms with Gasteiger partial charge in [-0.25, -0.2) is 4.39 Å². The molecule has 0 bridgehead atoms. The van der Waals surface area contributed by atoms with Crippen molar-refractivity contribution in [2.24, 2.45) is 7.05 Å². The van der Waals surface area contributed by atoms with E-state index in [2.05, 4.69) is 15.5 Å². The molecule has 3 aromatic rings. The highest BCUT2D eigenvalue weighted by atomic mass is 32.2. The zero-order chi connectivity index (χ0) is 17.6. The molecule has 0 saturated carbocycles. The Hall–Kier alpha value is -2.67. The number of hydrogen-bond acceptors (Lipinski definition) is 4. The lowest BCUT2D eigenvalue weighted by molar-refractivity contribution is -0.113. The van der Waals surface area contributed by atoms with Crippen LogP contribution in [0.5, 0.6) is 0 Å². The fraction of sp³-hybridized carbons (Fsp3) is 0.167. The first-order valence-electron chi connectivity index (χ1n) is 7.72. The zero-order valence-electron chi connectivity index (χ0n) is 13.6. The number of hydrogen-bond donors (Lipinski definition) is 1. The van der Waals surface area contributed by atoms with Crippen molar-refractivity contribution in [1.29, 1.82) is 0 Å². The molecule has 1 heterocycles. The average molecular weight is 356 g/mol. The Morgan fingerprint density at radius 1 is 1.12 bits per heavy atom. The number of nitrogens with one attached hydrogen (secondary N) is 1. The van der Waals surface area contributed by atoms with Gasteiger partial charge in [0.15, 0.2) is 5.16 Å². The summed E-state index contributed by atoms with van der Waals surface area (Å²) >= 11 is 1.31. The second kappa shape index (κ2) is 7.94. The van der Waals surface area contributed by atoms with Crippen molar-refractivity contribution in [2.45, 2.75) is 11.6 Å². The third-order valence-electron chi connectivity index (χ3n) is 3.59. The van der Waals surface area contributed by atoms with E-state index in [0.717, 1.165) is 11.4 Å². The van der Waals surface area contributed by atoms with Gasteiger partial charge in [-0.3, -0.25) is 4.79 Å². The largest absolute Gasteiger partial charge is 0.325 e. The maximum Gasteiger partial charge on any atom is 0.234 e. The van der Waals surface area contributed by atoms with Gasteiger partial charge in [0.2, 0.25) is 5.91 Å². The second-order valence-electron chi connectivity index (χ2n) is 5.46. The number of benzene rings is 2. The Kier molecular flexibility index (Phi) is 5.45. The number of carbonyl (C=O) groups excluding carboxylic acids is 1. The lowest BCUT2D eigenvalue weighted by Crippen LogP contribution is -2.14. The fourth-order valence-corrected chi connectivity index (χ4v) is 2.99. The molecule has 0 aliphatic rings. The molecule has 1 N–H and O–H groups in total. The minimum atomic E-state index is -0.336. The lowest BCUT2D eigenvalue weighted by atomic mass is 10.1. The topological polar surface area (TPSA) is 59.8 Å². The van der Waals surface area contributed by atoms with Crippen LogP contribution in [0.1, 0.15) is 11.4 Å². The molecule has 2 aromatic carbocycles. The Labute approximate surface area is 149 Å². The first-order valence-corrected chi connectivity index (χ1v) is 8.71. The van der Waals surface area contributed by atoms with Crippen LogP contribution in [0.4, 0.5) is 10.1 Å². The highest BCUT2D eigenvalue weighted by Gasteiger charge is 2.12. The Morgan fingerprint density at radius 2 is 1.84 bits per heavy atom. The van der Waals surface area contributed by atoms with Crippen molar-refractivity contribution in [3.8, 4) is 0 Å². The van der Waals surface area contributed by atoms with Crippen LogP contribution in [0, 0.1) is 5.82 Å². The number of amides is 1. The summed E-state index contributed by atoms with van der Waals surface area (Å²) in [6.45, 7) is 0. The average Bonchev–Trinajstić information content (AvgIpc) is 2.96. The van der Waals surface area contributed by atoms with Gasteiger partial charge < -0.3 is 9.88 Å². The normalized spacial score (nSPS) is 10.6. The maximum atomic E-state index is 12.9. The number of halogens is 1. The van der Waals surface area contributed by atoms with E-state index in [1.165, 1.54) is 36.0 Å². The molecule has 0 aliphatic heterocycles. The Bertz CT molecular complexity index is 849. The van der Waals surface area contributed by atoms with Crippen molar-refractivity contribution < 1.29 is 9.18 Å². The Balaban J connectivity index is 1.56. The van der Waals surface area contributed by atoms with Gasteiger partial charge in [-0.15, -0.1) is 10.2 Å². The third kappa shape index (κ3) is 4.67. The maximum absolute atomic E-state index is 12.9. The summed E-state index contributed by atoms with van der Waals surface area (Å²) < 4.78 is 14.8. The number of anilines is 1. The van der Waals surface area contributed by atoms with Gasteiger partial charge in [0.1, 0.15) is 11.6 Å². The summed E-state index contributed by atoms with van der Waals surface area (Å²) in [5.74, 6) is 0.531. The first kappa shape index (κ1) is 17.2. The van der Waals surface area contributed by atoms with Gasteiger partial charge in [0.05, 0.1) is 5.75 Å². The highest BCUT2D eigenvalue weighted by Crippen LogP contribution is 2.18. The summed E-state index contributed by atoms with van der Waals surface area (Å²) in [6.07, 6.45) is 0.687. The molecule has 7 heteroatoms. The molecule has 1 aromatic heterocycles. The number of aromatic nitrogens is 3. The molecule has 0 saturated heterocycles. The molecule has 0 fully saturated rings. The van der Waals surface area contributed by atoms with Crippen LogP contribution in [-0.4, -0.2) is 26.4 Å². The third-order valence-corrected chi connectivity index (χ3v) is 4.61. The first-order chi connectivity index (χ1) is 12.1. The number of thioether (sulfide) groups is 1. The van der Waals surface area contributed by atoms with Gasteiger partial charge >= 0.3 is 0 Å². The van der Waals surface area contributed by atoms with Crippen LogP contribution in [0.15, 0.2) is 59.8 Å². The van der Waals surface area contributed by atoms with Crippen molar-refractivity contribution in [3.05, 3.63) is 71.8 Å². The van der Waals surface area contributed by atoms with E-state index in [0.29, 0.717) is 17.3 Å². The van der Waals surface area contributed by atoms with Crippen LogP contribution in [0.3, 0.4) is 0 Å². The summed E-state index contributed by atoms with van der Waals surface area (Å²) in [5.41, 5.74) is 1.72. The van der Waals surface area contributed by atoms with Crippen molar-refractivity contribution in [3.63, 3.8) is 0 Å². The summed E-state index contributed by atoms with van der Waals surface area (Å²) in [5, 5.41) is 11.8. The highest BCUT2D eigenvalue weighted by molar-refractivity contribution is 7.99. The second-order valence-corrected chi connectivity index (χ2v) is 6.41. The molecule has 0 spiro atoms. The zero-order valence-corrected chi connectivity index (χ0v) is 14.5. The van der Waals surface area contributed by atoms with E-state index < -0.39 is 0 Å². The predicted octanol–water partition coefficient (Wildman–Crippen LogP) is 3.28. The molecular formula is C18H17FN4OS. The van der Waals surface area contributed by atoms with Crippen molar-refractivity contribution >= 4 is 23.4 Å². The quantitative estimate of drug-likeness (QED) is 0.689. The van der Waals surface area contributed by atoms with Crippen molar-refractivity contribution in [1.82, 2.24) is 14.8 Å². The Morgan fingerprint density at radius 3 is 2.56 bits per heavy atom. The molecule has 0 radical (unpaired) electrons. The van der Waals surface area contributed by atoms with E-state index in [1.807, 2.05) is 41.9 Å². The number of carbonyl (C=O) groups is 1. The van der Waals surface area contributed by atoms with E-state index in [9.17, 15) is 9.18 Å². The molecule has 1 amide bonds. The summed E-state index contributed by atoms with van der Waals surface area (Å²) in [4.78, 5) is 12.0. The fourth-order valence-electron chi connectivity index (χ4n) is 2.26. The molecule has 0 unspecified atom stereocenters. The van der Waals surface area contributed by atoms with Crippen LogP contribution in [0.2, 0.25) is 0 Å². The predicted molar refractivity (Wildman–Crippen MR) is 96.0 cm³/mol. The number of rotatable bonds is 6. The molecule has 5 nitrogen and oxygen atoms in total. The van der Waals surface area contributed by atoms with Gasteiger partial charge in [-0.2, -0.15) is 0 Å². The standard InChI is InChI=1S/C18H17FN4OS/c1-23-16(11-13-5-3-2-4-6-13)21-22-18(23)25-12-17(24)20-15-9-7-14(19)8-10-15/h2-10H,11-12H2,1H3,(H,20,24). The minimum Gasteiger partial charge on any atom is -0.325 e. The van der Waals surface area contributed by atoms with Gasteiger partial charge in [0, 0.05) is 19.2 Å². The van der Waals surface area contributed by atoms with E-state index in [1.54, 1.807) is 0 Å². The molecule has 25 heavy (non-hydrogen) atoms. The summed E-state index contributed by atoms with van der Waals surface area (Å²) in [7, 11) is 1.89. The van der Waals surface area contributed by atoms with Crippen LogP contribution < -0.4 is 5.32 Å². The molecule has 128 valence electrons. The van der Waals surface area contributed by atoms with Crippen LogP contribution in [-0.2, 0) is 18.3 Å². The van der Waals surface area contributed by atoms with E-state index in [4.69, 9.17) is 0 Å². The van der Waals surface area contributed by atoms with Crippen LogP contribution >= 0.6 is 11.8 Å². The smallest absolute Gasteiger partial charge is 0.234 e. The number of nitrogens with zero attached hydrogens (tertiary/aromatic N) is 3. The van der Waals surface area contributed by atoms with Crippen LogP contribution in [0.25, 0.3) is 0 Å². The van der Waals surface area contributed by atoms with Gasteiger partial charge in [0.25, 0.3) is 0 Å². The van der Waals surface area contributed by atoms with Gasteiger partial charge in [-0.05, 0) is 29.8 Å².